The maximum atomic E-state index is 9.71. The van der Waals surface area contributed by atoms with E-state index in [2.05, 4.69) is 22.5 Å². The normalized spacial score (nSPS) is 12.4. The molecule has 0 amide bonds. The Labute approximate surface area is 92.6 Å². The molecule has 0 fully saturated rings. The van der Waals surface area contributed by atoms with E-state index in [1.165, 1.54) is 0 Å². The summed E-state index contributed by atoms with van der Waals surface area (Å²) in [7, 11) is 0. The summed E-state index contributed by atoms with van der Waals surface area (Å²) in [6.07, 6.45) is 3.48. The molecule has 0 unspecified atom stereocenters. The van der Waals surface area contributed by atoms with Crippen LogP contribution in [0.15, 0.2) is 35.3 Å². The number of phenolic OH excluding ortho intramolecular Hbond substituents is 1. The number of hydrogen-bond donors (Lipinski definition) is 2. The van der Waals surface area contributed by atoms with Crippen molar-refractivity contribution in [1.29, 1.82) is 0 Å². The van der Waals surface area contributed by atoms with Gasteiger partial charge in [-0.15, -0.1) is 6.58 Å². The summed E-state index contributed by atoms with van der Waals surface area (Å²) in [5, 5.41) is 9.71. The molecule has 1 rings (SSSR count). The van der Waals surface area contributed by atoms with Crippen LogP contribution in [0.3, 0.4) is 0 Å². The van der Waals surface area contributed by atoms with Crippen molar-refractivity contribution in [3.05, 3.63) is 40.9 Å². The lowest BCUT2D eigenvalue weighted by Gasteiger charge is -2.13. The first-order chi connectivity index (χ1) is 6.66. The summed E-state index contributed by atoms with van der Waals surface area (Å²) in [6.45, 7) is 3.64. The highest BCUT2D eigenvalue weighted by Gasteiger charge is 2.11. The number of halogens is 1. The summed E-state index contributed by atoms with van der Waals surface area (Å²) >= 11 is 3.26. The fraction of sp³-hybridized carbons (Fsp3) is 0.273. The molecule has 0 radical (unpaired) electrons. The molecule has 2 nitrogen and oxygen atoms in total. The van der Waals surface area contributed by atoms with Crippen LogP contribution in [0, 0.1) is 0 Å². The summed E-state index contributed by atoms with van der Waals surface area (Å²) < 4.78 is 0.684. The molecule has 0 aliphatic heterocycles. The van der Waals surface area contributed by atoms with Crippen molar-refractivity contribution in [1.82, 2.24) is 0 Å². The molecular weight excluding hydrogens is 242 g/mol. The van der Waals surface area contributed by atoms with Crippen LogP contribution < -0.4 is 5.73 Å². The molecule has 0 bridgehead atoms. The van der Waals surface area contributed by atoms with E-state index in [0.29, 0.717) is 4.47 Å². The number of phenols is 1. The minimum absolute atomic E-state index is 0.134. The van der Waals surface area contributed by atoms with Crippen molar-refractivity contribution < 1.29 is 5.11 Å². The van der Waals surface area contributed by atoms with Gasteiger partial charge in [0.2, 0.25) is 0 Å². The van der Waals surface area contributed by atoms with E-state index in [9.17, 15) is 5.11 Å². The van der Waals surface area contributed by atoms with Gasteiger partial charge in [0.1, 0.15) is 5.75 Å². The van der Waals surface area contributed by atoms with E-state index in [1.54, 1.807) is 6.07 Å². The van der Waals surface area contributed by atoms with Crippen LogP contribution in [0.4, 0.5) is 0 Å². The maximum absolute atomic E-state index is 9.71. The van der Waals surface area contributed by atoms with Crippen molar-refractivity contribution in [2.45, 2.75) is 18.9 Å². The monoisotopic (exact) mass is 255 g/mol. The van der Waals surface area contributed by atoms with Crippen LogP contribution in [0.5, 0.6) is 5.75 Å². The van der Waals surface area contributed by atoms with Gasteiger partial charge in [-0.3, -0.25) is 0 Å². The van der Waals surface area contributed by atoms with Crippen molar-refractivity contribution in [3.8, 4) is 5.75 Å². The average Bonchev–Trinajstić information content (AvgIpc) is 2.18. The molecule has 1 aromatic carbocycles. The molecule has 1 atom stereocenters. The first-order valence-electron chi connectivity index (χ1n) is 4.50. The van der Waals surface area contributed by atoms with Gasteiger partial charge in [-0.1, -0.05) is 18.2 Å². The topological polar surface area (TPSA) is 46.2 Å². The van der Waals surface area contributed by atoms with Gasteiger partial charge in [0, 0.05) is 11.6 Å². The Hall–Kier alpha value is -0.800. The Bertz CT molecular complexity index is 325. The van der Waals surface area contributed by atoms with Gasteiger partial charge in [0.15, 0.2) is 0 Å². The second-order valence-electron chi connectivity index (χ2n) is 3.15. The fourth-order valence-electron chi connectivity index (χ4n) is 1.28. The van der Waals surface area contributed by atoms with Crippen molar-refractivity contribution in [2.24, 2.45) is 5.73 Å². The maximum Gasteiger partial charge on any atom is 0.134 e. The third-order valence-electron chi connectivity index (χ3n) is 2.10. The Balaban J connectivity index is 2.83. The van der Waals surface area contributed by atoms with E-state index < -0.39 is 0 Å². The van der Waals surface area contributed by atoms with Crippen molar-refractivity contribution in [2.75, 3.05) is 0 Å². The minimum Gasteiger partial charge on any atom is -0.506 e. The van der Waals surface area contributed by atoms with E-state index in [1.807, 2.05) is 18.2 Å². The molecule has 0 aliphatic rings. The van der Waals surface area contributed by atoms with Crippen LogP contribution in [0.25, 0.3) is 0 Å². The van der Waals surface area contributed by atoms with Crippen LogP contribution in [-0.2, 0) is 0 Å². The highest BCUT2D eigenvalue weighted by molar-refractivity contribution is 9.10. The lowest BCUT2D eigenvalue weighted by molar-refractivity contribution is 0.455. The minimum atomic E-state index is -0.134. The smallest absolute Gasteiger partial charge is 0.134 e. The van der Waals surface area contributed by atoms with Gasteiger partial charge in [-0.05, 0) is 34.8 Å². The standard InChI is InChI=1S/C11H14BrNO/c1-2-3-7-10(13)8-5-4-6-9(12)11(8)14/h2,4-6,10,14H,1,3,7,13H2/t10-/m0/s1. The highest BCUT2D eigenvalue weighted by atomic mass is 79.9. The summed E-state index contributed by atoms with van der Waals surface area (Å²) in [6, 6.07) is 5.37. The van der Waals surface area contributed by atoms with E-state index in [0.717, 1.165) is 18.4 Å². The van der Waals surface area contributed by atoms with Crippen LogP contribution in [0.1, 0.15) is 24.4 Å². The Morgan fingerprint density at radius 1 is 1.57 bits per heavy atom. The Morgan fingerprint density at radius 2 is 2.29 bits per heavy atom. The third-order valence-corrected chi connectivity index (χ3v) is 2.74. The van der Waals surface area contributed by atoms with Gasteiger partial charge < -0.3 is 10.8 Å². The molecule has 0 saturated heterocycles. The molecule has 0 spiro atoms. The summed E-state index contributed by atoms with van der Waals surface area (Å²) in [5.74, 6) is 0.240. The molecule has 0 aliphatic carbocycles. The molecular formula is C11H14BrNO. The lowest BCUT2D eigenvalue weighted by Crippen LogP contribution is -2.09. The second-order valence-corrected chi connectivity index (χ2v) is 4.00. The number of hydrogen-bond acceptors (Lipinski definition) is 2. The number of rotatable bonds is 4. The number of allylic oxidation sites excluding steroid dienone is 1. The number of para-hydroxylation sites is 1. The van der Waals surface area contributed by atoms with Gasteiger partial charge in [-0.2, -0.15) is 0 Å². The van der Waals surface area contributed by atoms with Crippen molar-refractivity contribution >= 4 is 15.9 Å². The molecule has 0 saturated carbocycles. The van der Waals surface area contributed by atoms with Gasteiger partial charge in [0.25, 0.3) is 0 Å². The quantitative estimate of drug-likeness (QED) is 0.813. The predicted octanol–water partition coefficient (Wildman–Crippen LogP) is 3.12. The number of nitrogens with two attached hydrogens (primary N) is 1. The van der Waals surface area contributed by atoms with Crippen LogP contribution >= 0.6 is 15.9 Å². The molecule has 76 valence electrons. The first-order valence-corrected chi connectivity index (χ1v) is 5.30. The van der Waals surface area contributed by atoms with E-state index in [-0.39, 0.29) is 11.8 Å². The zero-order chi connectivity index (χ0) is 10.6. The molecule has 0 heterocycles. The first kappa shape index (κ1) is 11.3. The van der Waals surface area contributed by atoms with Gasteiger partial charge in [-0.25, -0.2) is 0 Å². The molecule has 3 N–H and O–H groups in total. The lowest BCUT2D eigenvalue weighted by atomic mass is 10.0. The number of aromatic hydroxyl groups is 1. The number of benzene rings is 1. The highest BCUT2D eigenvalue weighted by Crippen LogP contribution is 2.32. The zero-order valence-corrected chi connectivity index (χ0v) is 9.50. The molecule has 14 heavy (non-hydrogen) atoms. The molecule has 3 heteroatoms. The molecule has 0 aromatic heterocycles. The molecule has 1 aromatic rings. The zero-order valence-electron chi connectivity index (χ0n) is 7.91. The van der Waals surface area contributed by atoms with Gasteiger partial charge in [0.05, 0.1) is 4.47 Å². The van der Waals surface area contributed by atoms with Crippen molar-refractivity contribution in [3.63, 3.8) is 0 Å². The van der Waals surface area contributed by atoms with Gasteiger partial charge >= 0.3 is 0 Å². The second kappa shape index (κ2) is 5.17. The van der Waals surface area contributed by atoms with E-state index >= 15 is 0 Å². The average molecular weight is 256 g/mol. The van der Waals surface area contributed by atoms with E-state index in [4.69, 9.17) is 5.73 Å². The van der Waals surface area contributed by atoms with Crippen LogP contribution in [-0.4, -0.2) is 5.11 Å². The Morgan fingerprint density at radius 3 is 2.93 bits per heavy atom. The summed E-state index contributed by atoms with van der Waals surface area (Å²) in [5.41, 5.74) is 6.70. The largest absolute Gasteiger partial charge is 0.506 e. The van der Waals surface area contributed by atoms with Crippen LogP contribution in [0.2, 0.25) is 0 Å². The fourth-order valence-corrected chi connectivity index (χ4v) is 1.67. The predicted molar refractivity (Wildman–Crippen MR) is 62.2 cm³/mol. The summed E-state index contributed by atoms with van der Waals surface area (Å²) in [4.78, 5) is 0. The Kier molecular flexibility index (Phi) is 4.17. The third kappa shape index (κ3) is 2.59. The SMILES string of the molecule is C=CCC[C@H](N)c1cccc(Br)c1O.